The Morgan fingerprint density at radius 3 is 1.67 bits per heavy atom. The topological polar surface area (TPSA) is 38.8 Å². The molecule has 0 fully saturated rings. The lowest BCUT2D eigenvalue weighted by Gasteiger charge is -2.23. The van der Waals surface area contributed by atoms with E-state index < -0.39 is 0 Å². The fourth-order valence-electron chi connectivity index (χ4n) is 4.46. The van der Waals surface area contributed by atoms with Gasteiger partial charge in [0.2, 0.25) is 0 Å². The number of carbonyl (C=O) groups excluding carboxylic acids is 1. The third-order valence-corrected chi connectivity index (χ3v) is 6.92. The number of hydrogen-bond donors (Lipinski definition) is 0. The molecule has 0 aromatic heterocycles. The molecule has 0 unspecified atom stereocenters. The zero-order chi connectivity index (χ0) is 30.6. The van der Waals surface area contributed by atoms with Crippen LogP contribution in [0, 0.1) is 0 Å². The van der Waals surface area contributed by atoms with Crippen LogP contribution in [0.5, 0.6) is 0 Å². The van der Waals surface area contributed by atoms with Gasteiger partial charge in [-0.2, -0.15) is 0 Å². The van der Waals surface area contributed by atoms with Crippen LogP contribution in [-0.4, -0.2) is 43.7 Å². The fraction of sp³-hybridized carbons (Fsp3) is 0.410. The van der Waals surface area contributed by atoms with Gasteiger partial charge in [-0.1, -0.05) is 135 Å². The molecule has 4 nitrogen and oxygen atoms in total. The summed E-state index contributed by atoms with van der Waals surface area (Å²) in [5.74, 6) is -0.118. The first kappa shape index (κ1) is 35.7. The summed E-state index contributed by atoms with van der Waals surface area (Å²) in [7, 11) is 0. The van der Waals surface area contributed by atoms with Crippen molar-refractivity contribution < 1.29 is 14.3 Å². The first-order valence-electron chi connectivity index (χ1n) is 16.1. The van der Waals surface area contributed by atoms with Crippen molar-refractivity contribution >= 4 is 5.97 Å². The number of likely N-dealkylation sites (N-methyl/N-ethyl adjacent to an activating group) is 1. The van der Waals surface area contributed by atoms with Gasteiger partial charge in [-0.3, -0.25) is 9.69 Å². The lowest BCUT2D eigenvalue weighted by atomic mass is 10.0. The molecule has 0 N–H and O–H groups in total. The second-order valence-corrected chi connectivity index (χ2v) is 10.3. The van der Waals surface area contributed by atoms with Crippen LogP contribution in [0.4, 0.5) is 0 Å². The lowest BCUT2D eigenvalue weighted by Crippen LogP contribution is -2.31. The predicted octanol–water partition coefficient (Wildman–Crippen LogP) is 9.58. The second kappa shape index (κ2) is 25.1. The highest BCUT2D eigenvalue weighted by Gasteiger charge is 2.15. The minimum absolute atomic E-state index is 0.0955. The van der Waals surface area contributed by atoms with Crippen LogP contribution in [-0.2, 0) is 14.3 Å². The Kier molecular flexibility index (Phi) is 20.8. The Morgan fingerprint density at radius 2 is 1.16 bits per heavy atom. The summed E-state index contributed by atoms with van der Waals surface area (Å²) in [6, 6.07) is 20.7. The van der Waals surface area contributed by atoms with Gasteiger partial charge in [0.25, 0.3) is 0 Å². The van der Waals surface area contributed by atoms with E-state index >= 15 is 0 Å². The highest BCUT2D eigenvalue weighted by atomic mass is 16.5. The van der Waals surface area contributed by atoms with Gasteiger partial charge in [-0.25, -0.2) is 0 Å². The summed E-state index contributed by atoms with van der Waals surface area (Å²) in [5.41, 5.74) is 2.30. The van der Waals surface area contributed by atoms with E-state index in [1.807, 2.05) is 36.4 Å². The predicted molar refractivity (Wildman–Crippen MR) is 182 cm³/mol. The maximum Gasteiger partial charge on any atom is 0.305 e. The van der Waals surface area contributed by atoms with Crippen molar-refractivity contribution in [2.24, 2.45) is 0 Å². The van der Waals surface area contributed by atoms with E-state index in [9.17, 15) is 4.79 Å². The second-order valence-electron chi connectivity index (χ2n) is 10.3. The number of nitrogens with zero attached hydrogens (tertiary/aromatic N) is 1. The van der Waals surface area contributed by atoms with Crippen LogP contribution >= 0.6 is 0 Å². The van der Waals surface area contributed by atoms with Crippen LogP contribution in [0.25, 0.3) is 0 Å². The van der Waals surface area contributed by atoms with Gasteiger partial charge in [0.1, 0.15) is 12.7 Å². The average molecular weight is 584 g/mol. The van der Waals surface area contributed by atoms with Crippen LogP contribution < -0.4 is 0 Å². The van der Waals surface area contributed by atoms with Gasteiger partial charge < -0.3 is 9.47 Å². The number of benzene rings is 2. The Bertz CT molecular complexity index is 1060. The molecule has 232 valence electrons. The summed E-state index contributed by atoms with van der Waals surface area (Å²) in [6.45, 7) is 7.67. The van der Waals surface area contributed by atoms with E-state index in [1.54, 1.807) is 0 Å². The largest absolute Gasteiger partial charge is 0.464 e. The summed E-state index contributed by atoms with van der Waals surface area (Å²) >= 11 is 0. The highest BCUT2D eigenvalue weighted by molar-refractivity contribution is 5.69. The number of unbranched alkanes of at least 4 members (excludes halogenated alkanes) is 1. The van der Waals surface area contributed by atoms with Crippen LogP contribution in [0.15, 0.2) is 121 Å². The highest BCUT2D eigenvalue weighted by Crippen LogP contribution is 2.25. The first-order valence-corrected chi connectivity index (χ1v) is 16.1. The molecular formula is C39H53NO3. The zero-order valence-corrected chi connectivity index (χ0v) is 26.5. The van der Waals surface area contributed by atoms with Crippen LogP contribution in [0.3, 0.4) is 0 Å². The molecule has 43 heavy (non-hydrogen) atoms. The summed E-state index contributed by atoms with van der Waals surface area (Å²) in [4.78, 5) is 14.4. The molecule has 0 atom stereocenters. The van der Waals surface area contributed by atoms with Gasteiger partial charge >= 0.3 is 5.97 Å². The van der Waals surface area contributed by atoms with Crippen LogP contribution in [0.1, 0.15) is 82.4 Å². The molecule has 2 aromatic rings. The number of esters is 1. The van der Waals surface area contributed by atoms with Crippen molar-refractivity contribution in [3.05, 3.63) is 133 Å². The van der Waals surface area contributed by atoms with Crippen molar-refractivity contribution in [2.75, 3.05) is 32.8 Å². The van der Waals surface area contributed by atoms with Gasteiger partial charge in [-0.15, -0.1) is 0 Å². The number of ether oxygens (including phenoxy) is 2. The number of hydrogen-bond acceptors (Lipinski definition) is 4. The lowest BCUT2D eigenvalue weighted by molar-refractivity contribution is -0.144. The molecule has 0 aliphatic rings. The molecule has 0 radical (unpaired) electrons. The van der Waals surface area contributed by atoms with Crippen LogP contribution in [0.2, 0.25) is 0 Å². The molecule has 2 rings (SSSR count). The molecule has 4 heteroatoms. The maximum atomic E-state index is 12.2. The molecule has 0 saturated heterocycles. The van der Waals surface area contributed by atoms with Crippen molar-refractivity contribution in [3.8, 4) is 0 Å². The molecule has 0 spiro atoms. The van der Waals surface area contributed by atoms with Gasteiger partial charge in [0, 0.05) is 19.5 Å². The normalized spacial score (nSPS) is 12.4. The first-order chi connectivity index (χ1) is 21.2. The SMILES string of the molecule is CCC=CCC=CCC=CCC=CCC=CCCCC(=O)OCCN(CC)CCOC(c1ccccc1)c1ccccc1. The molecule has 0 heterocycles. The Hall–Kier alpha value is -3.47. The van der Waals surface area contributed by atoms with Crippen molar-refractivity contribution in [1.29, 1.82) is 0 Å². The molecule has 0 bridgehead atoms. The van der Waals surface area contributed by atoms with Gasteiger partial charge in [-0.05, 0) is 62.6 Å². The Labute approximate surface area is 261 Å². The fourth-order valence-corrected chi connectivity index (χ4v) is 4.46. The van der Waals surface area contributed by atoms with Crippen molar-refractivity contribution in [2.45, 2.75) is 71.3 Å². The molecule has 0 saturated carbocycles. The molecule has 0 amide bonds. The van der Waals surface area contributed by atoms with E-state index in [4.69, 9.17) is 9.47 Å². The van der Waals surface area contributed by atoms with E-state index in [1.165, 1.54) is 0 Å². The smallest absolute Gasteiger partial charge is 0.305 e. The zero-order valence-electron chi connectivity index (χ0n) is 26.5. The monoisotopic (exact) mass is 583 g/mol. The van der Waals surface area contributed by atoms with E-state index in [-0.39, 0.29) is 12.1 Å². The Morgan fingerprint density at radius 1 is 0.674 bits per heavy atom. The third-order valence-electron chi connectivity index (χ3n) is 6.92. The molecule has 0 aliphatic heterocycles. The van der Waals surface area contributed by atoms with Crippen molar-refractivity contribution in [1.82, 2.24) is 4.90 Å². The van der Waals surface area contributed by atoms with E-state index in [0.717, 1.165) is 69.2 Å². The third kappa shape index (κ3) is 17.9. The molecular weight excluding hydrogens is 530 g/mol. The number of allylic oxidation sites excluding steroid dienone is 10. The summed E-state index contributed by atoms with van der Waals surface area (Å²) in [6.07, 6.45) is 29.0. The van der Waals surface area contributed by atoms with E-state index in [2.05, 4.69) is 104 Å². The Balaban J connectivity index is 1.52. The quantitative estimate of drug-likeness (QED) is 0.0742. The van der Waals surface area contributed by atoms with Gasteiger partial charge in [0.15, 0.2) is 0 Å². The number of rotatable bonds is 23. The number of carbonyl (C=O) groups is 1. The van der Waals surface area contributed by atoms with E-state index in [0.29, 0.717) is 26.2 Å². The summed E-state index contributed by atoms with van der Waals surface area (Å²) in [5, 5.41) is 0. The minimum Gasteiger partial charge on any atom is -0.464 e. The minimum atomic E-state index is -0.118. The molecule has 2 aromatic carbocycles. The average Bonchev–Trinajstić information content (AvgIpc) is 3.04. The van der Waals surface area contributed by atoms with Crippen molar-refractivity contribution in [3.63, 3.8) is 0 Å². The van der Waals surface area contributed by atoms with Gasteiger partial charge in [0.05, 0.1) is 6.61 Å². The summed E-state index contributed by atoms with van der Waals surface area (Å²) < 4.78 is 11.8. The maximum absolute atomic E-state index is 12.2. The molecule has 0 aliphatic carbocycles. The standard InChI is InChI=1S/C39H53NO3/c1-3-5-6-7-8-9-10-11-12-13-14-15-16-17-18-19-26-31-38(41)42-34-32-40(4-2)33-35-43-39(36-27-22-20-23-28-36)37-29-24-21-25-30-37/h5-6,8-9,11-12,14-15,17-18,20-25,27-30,39H,3-4,7,10,13,16,19,26,31-35H2,1-2H3.